The Morgan fingerprint density at radius 2 is 0.652 bits per heavy atom. The standard InChI is InChI=1S/2C4H6O2.2NO3.2O.U/c2*1-3(5)4(2)6;2*2-1(3)4;;;/h2*1-2H3;;;;;/q;;2*-1;;;+2. The van der Waals surface area contributed by atoms with Crippen LogP contribution in [0.2, 0.25) is 0 Å². The first-order valence-electron chi connectivity index (χ1n) is 4.82. The topological polar surface area (TPSA) is 235 Å². The van der Waals surface area contributed by atoms with Crippen molar-refractivity contribution in [2.24, 2.45) is 0 Å². The van der Waals surface area contributed by atoms with E-state index in [9.17, 15) is 19.2 Å². The van der Waals surface area contributed by atoms with Gasteiger partial charge in [-0.2, -0.15) is 0 Å². The maximum atomic E-state index is 9.79. The zero-order chi connectivity index (χ0) is 20.2. The number of hydrogen-bond donors (Lipinski definition) is 0. The summed E-state index contributed by atoms with van der Waals surface area (Å²) in [5.74, 6) is -1.52. The average molecular weight is 566 g/mol. The van der Waals surface area contributed by atoms with Gasteiger partial charge in [0.2, 0.25) is 0 Å². The average Bonchev–Trinajstić information content (AvgIpc) is 2.28. The Kier molecular flexibility index (Phi) is 35.1. The third-order valence-corrected chi connectivity index (χ3v) is 0.992. The van der Waals surface area contributed by atoms with Gasteiger partial charge in [0, 0.05) is 27.7 Å². The molecule has 0 amide bonds. The molecule has 0 fully saturated rings. The predicted octanol–water partition coefficient (Wildman–Crippen LogP) is -0.387. The first-order chi connectivity index (χ1) is 10.2. The quantitative estimate of drug-likeness (QED) is 0.236. The molecule has 14 nitrogen and oxygen atoms in total. The van der Waals surface area contributed by atoms with Gasteiger partial charge in [-0.25, -0.2) is 0 Å². The number of rotatable bonds is 2. The normalized spacial score (nSPS) is 6.43. The molecule has 0 rings (SSSR count). The monoisotopic (exact) mass is 566 g/mol. The van der Waals surface area contributed by atoms with Crippen LogP contribution < -0.4 is 0 Å². The van der Waals surface area contributed by atoms with Crippen LogP contribution in [0.4, 0.5) is 0 Å². The van der Waals surface area contributed by atoms with Crippen molar-refractivity contribution < 1.29 is 61.6 Å². The summed E-state index contributed by atoms with van der Waals surface area (Å²) in [4.78, 5) is 55.7. The van der Waals surface area contributed by atoms with E-state index in [4.69, 9.17) is 35.1 Å². The minimum absolute atomic E-state index is 0.380. The molecule has 0 atom stereocenters. The van der Waals surface area contributed by atoms with Crippen LogP contribution in [0.1, 0.15) is 27.7 Å². The van der Waals surface area contributed by atoms with Crippen molar-refractivity contribution in [1.82, 2.24) is 0 Å². The summed E-state index contributed by atoms with van der Waals surface area (Å²) < 4.78 is 17.2. The molecule has 0 heterocycles. The predicted molar refractivity (Wildman–Crippen MR) is 64.8 cm³/mol. The third-order valence-electron chi connectivity index (χ3n) is 0.992. The van der Waals surface area contributed by atoms with Crippen LogP contribution in [0.5, 0.6) is 0 Å². The van der Waals surface area contributed by atoms with E-state index in [1.807, 2.05) is 0 Å². The zero-order valence-corrected chi connectivity index (χ0v) is 16.5. The van der Waals surface area contributed by atoms with Gasteiger partial charge in [0.25, 0.3) is 0 Å². The molecular weight excluding hydrogens is 554 g/mol. The van der Waals surface area contributed by atoms with Crippen molar-refractivity contribution in [2.75, 3.05) is 0 Å². The summed E-state index contributed by atoms with van der Waals surface area (Å²) in [6, 6.07) is 0. The summed E-state index contributed by atoms with van der Waals surface area (Å²) in [5.41, 5.74) is 0. The number of hydrogen-bond acceptors (Lipinski definition) is 12. The van der Waals surface area contributed by atoms with Gasteiger partial charge in [-0.15, -0.1) is 0 Å². The number of carbonyl (C=O) groups excluding carboxylic acids is 4. The Labute approximate surface area is 143 Å². The molecule has 0 saturated heterocycles. The van der Waals surface area contributed by atoms with Crippen LogP contribution in [-0.4, -0.2) is 33.3 Å². The Hall–Kier alpha value is -2.27. The van der Waals surface area contributed by atoms with E-state index in [1.165, 1.54) is 27.7 Å². The van der Waals surface area contributed by atoms with Crippen LogP contribution in [0.25, 0.3) is 0 Å². The van der Waals surface area contributed by atoms with Crippen molar-refractivity contribution in [1.29, 1.82) is 0 Å². The Bertz CT molecular complexity index is 386. The first kappa shape index (κ1) is 32.6. The van der Waals surface area contributed by atoms with Crippen LogP contribution in [0, 0.1) is 58.5 Å². The van der Waals surface area contributed by atoms with Gasteiger partial charge in [-0.1, -0.05) is 0 Å². The molecule has 0 aromatic carbocycles. The Morgan fingerprint density at radius 1 is 0.609 bits per heavy atom. The van der Waals surface area contributed by atoms with E-state index < -0.39 is 38.0 Å². The summed E-state index contributed by atoms with van der Waals surface area (Å²) in [5, 5.41) is 29.5. The molecule has 0 N–H and O–H groups in total. The number of nitrogens with zero attached hydrogens (tertiary/aromatic N) is 2. The van der Waals surface area contributed by atoms with Crippen molar-refractivity contribution in [3.8, 4) is 0 Å². The van der Waals surface area contributed by atoms with Gasteiger partial charge < -0.3 is 30.6 Å². The third kappa shape index (κ3) is 189. The van der Waals surface area contributed by atoms with Crippen molar-refractivity contribution in [2.45, 2.75) is 27.7 Å². The second-order valence-electron chi connectivity index (χ2n) is 2.76. The van der Waals surface area contributed by atoms with E-state index in [0.29, 0.717) is 0 Å². The molecule has 0 aliphatic rings. The minimum atomic E-state index is -2.51. The second-order valence-corrected chi connectivity index (χ2v) is 3.45. The molecule has 23 heavy (non-hydrogen) atoms. The molecule has 0 unspecified atom stereocenters. The summed E-state index contributed by atoms with van der Waals surface area (Å²) >= 11 is -2.51. The fourth-order valence-corrected chi connectivity index (χ4v) is 0. The van der Waals surface area contributed by atoms with Gasteiger partial charge >= 0.3 is 32.3 Å². The number of Topliss-reactive ketones (excluding diaryl/α,β-unsaturated/α-hetero) is 4. The van der Waals surface area contributed by atoms with Gasteiger partial charge in [0.05, 0.1) is 10.2 Å². The van der Waals surface area contributed by atoms with Crippen LogP contribution >= 0.6 is 0 Å². The SMILES string of the molecule is CC(=O)C(C)=O.CC(=O)C(C)=O.O=[N+]([O-])[O-].O=[N+]([O-])[O-].[O]=[U+2]=[O]. The zero-order valence-electron chi connectivity index (χ0n) is 12.3. The van der Waals surface area contributed by atoms with Gasteiger partial charge in [0.15, 0.2) is 23.1 Å². The molecule has 0 radical (unpaired) electrons. The van der Waals surface area contributed by atoms with Crippen molar-refractivity contribution in [3.05, 3.63) is 30.6 Å². The summed E-state index contributed by atoms with van der Waals surface area (Å²) in [6.07, 6.45) is 0. The van der Waals surface area contributed by atoms with Crippen LogP contribution in [-0.2, 0) is 23.6 Å². The molecular formula is C8H12N2O12U. The second kappa shape index (κ2) is 24.7. The van der Waals surface area contributed by atoms with Crippen molar-refractivity contribution >= 4 is 23.1 Å². The molecule has 15 heteroatoms. The summed E-state index contributed by atoms with van der Waals surface area (Å²) in [7, 11) is 0. The Balaban J connectivity index is -0.0000000602. The summed E-state index contributed by atoms with van der Waals surface area (Å²) in [6.45, 7) is 5.01. The van der Waals surface area contributed by atoms with Crippen molar-refractivity contribution in [3.63, 3.8) is 0 Å². The molecule has 0 aromatic rings. The molecule has 130 valence electrons. The molecule has 0 bridgehead atoms. The fourth-order valence-electron chi connectivity index (χ4n) is 0. The first-order valence-corrected chi connectivity index (χ1v) is 8.22. The van der Waals surface area contributed by atoms with Gasteiger partial charge in [-0.3, -0.25) is 19.2 Å². The number of carbonyl (C=O) groups is 4. The Morgan fingerprint density at radius 3 is 0.652 bits per heavy atom. The van der Waals surface area contributed by atoms with E-state index in [0.717, 1.165) is 0 Å². The van der Waals surface area contributed by atoms with E-state index >= 15 is 0 Å². The van der Waals surface area contributed by atoms with Crippen LogP contribution in [0.3, 0.4) is 0 Å². The molecule has 0 aliphatic heterocycles. The van der Waals surface area contributed by atoms with Gasteiger partial charge in [-0.05, 0) is 0 Å². The molecule has 0 saturated carbocycles. The van der Waals surface area contributed by atoms with Crippen LogP contribution in [0.15, 0.2) is 0 Å². The molecule has 0 aliphatic carbocycles. The fraction of sp³-hybridized carbons (Fsp3) is 0.500. The van der Waals surface area contributed by atoms with E-state index in [2.05, 4.69) is 0 Å². The van der Waals surface area contributed by atoms with E-state index in [-0.39, 0.29) is 23.1 Å². The number of ketones is 4. The maximum absolute atomic E-state index is 9.79. The molecule has 0 spiro atoms. The van der Waals surface area contributed by atoms with E-state index in [1.54, 1.807) is 0 Å². The molecule has 0 aromatic heterocycles. The van der Waals surface area contributed by atoms with Gasteiger partial charge in [0.1, 0.15) is 0 Å².